The minimum atomic E-state index is -0.761. The lowest BCUT2D eigenvalue weighted by atomic mass is 9.63. The molecule has 0 heterocycles. The summed E-state index contributed by atoms with van der Waals surface area (Å²) in [7, 11) is 0. The fourth-order valence-corrected chi connectivity index (χ4v) is 4.61. The number of aliphatic carboxylic acids is 2. The van der Waals surface area contributed by atoms with Gasteiger partial charge >= 0.3 is 11.9 Å². The summed E-state index contributed by atoms with van der Waals surface area (Å²) in [6.07, 6.45) is 3.81. The average molecular weight is 268 g/mol. The molecule has 2 aliphatic rings. The second-order valence-corrected chi connectivity index (χ2v) is 7.22. The highest BCUT2D eigenvalue weighted by atomic mass is 16.4. The van der Waals surface area contributed by atoms with E-state index in [1.807, 2.05) is 6.92 Å². The zero-order chi connectivity index (χ0) is 14.4. The summed E-state index contributed by atoms with van der Waals surface area (Å²) in [5.74, 6) is -1.92. The molecule has 0 aromatic rings. The number of fused-ring (bicyclic) bond motifs is 1. The maximum Gasteiger partial charge on any atom is 0.309 e. The summed E-state index contributed by atoms with van der Waals surface area (Å²) >= 11 is 0. The van der Waals surface area contributed by atoms with Gasteiger partial charge in [-0.2, -0.15) is 0 Å². The van der Waals surface area contributed by atoms with Crippen LogP contribution in [-0.2, 0) is 9.59 Å². The van der Waals surface area contributed by atoms with Crippen LogP contribution in [0.5, 0.6) is 0 Å². The van der Waals surface area contributed by atoms with Crippen LogP contribution in [0.25, 0.3) is 0 Å². The molecule has 2 saturated carbocycles. The molecule has 0 aromatic heterocycles. The van der Waals surface area contributed by atoms with Crippen molar-refractivity contribution in [2.75, 3.05) is 0 Å². The molecule has 19 heavy (non-hydrogen) atoms. The lowest BCUT2D eigenvalue weighted by molar-refractivity contribution is -0.155. The number of rotatable bonds is 2. The summed E-state index contributed by atoms with van der Waals surface area (Å²) in [4.78, 5) is 23.2. The van der Waals surface area contributed by atoms with Crippen molar-refractivity contribution in [1.82, 2.24) is 0 Å². The maximum absolute atomic E-state index is 11.7. The van der Waals surface area contributed by atoms with E-state index in [1.165, 1.54) is 0 Å². The van der Waals surface area contributed by atoms with E-state index in [0.717, 1.165) is 19.3 Å². The first-order chi connectivity index (χ1) is 8.70. The third kappa shape index (κ3) is 2.15. The molecule has 4 atom stereocenters. The lowest BCUT2D eigenvalue weighted by Gasteiger charge is -2.40. The second-order valence-electron chi connectivity index (χ2n) is 7.22. The van der Waals surface area contributed by atoms with Gasteiger partial charge in [-0.3, -0.25) is 9.59 Å². The van der Waals surface area contributed by atoms with E-state index < -0.39 is 17.4 Å². The van der Waals surface area contributed by atoms with Gasteiger partial charge in [0.1, 0.15) is 0 Å². The first-order valence-corrected chi connectivity index (χ1v) is 7.16. The lowest BCUT2D eigenvalue weighted by Crippen LogP contribution is -2.42. The topological polar surface area (TPSA) is 74.6 Å². The summed E-state index contributed by atoms with van der Waals surface area (Å²) in [6, 6.07) is 0. The Morgan fingerprint density at radius 1 is 1.05 bits per heavy atom. The zero-order valence-electron chi connectivity index (χ0n) is 12.0. The van der Waals surface area contributed by atoms with Gasteiger partial charge in [0.15, 0.2) is 0 Å². The molecule has 0 amide bonds. The standard InChI is InChI=1S/C15H24O4/c1-14(2)7-4-8-15(3,13(18)19)10-6-5-9(11(10)14)12(16)17/h9-11H,4-8H2,1-3H3,(H,16,17)(H,18,19)/t9-,10+,11-,15-/m0/s1. The fourth-order valence-electron chi connectivity index (χ4n) is 4.61. The molecule has 0 spiro atoms. The molecule has 0 saturated heterocycles. The third-order valence-corrected chi connectivity index (χ3v) is 5.70. The predicted molar refractivity (Wildman–Crippen MR) is 70.7 cm³/mol. The van der Waals surface area contributed by atoms with Crippen molar-refractivity contribution in [3.8, 4) is 0 Å². The first-order valence-electron chi connectivity index (χ1n) is 7.16. The largest absolute Gasteiger partial charge is 0.481 e. The van der Waals surface area contributed by atoms with Crippen LogP contribution in [0.1, 0.15) is 52.9 Å². The molecule has 4 heteroatoms. The minimum Gasteiger partial charge on any atom is -0.481 e. The van der Waals surface area contributed by atoms with Crippen LogP contribution in [0.3, 0.4) is 0 Å². The van der Waals surface area contributed by atoms with Crippen molar-refractivity contribution in [2.45, 2.75) is 52.9 Å². The molecule has 0 bridgehead atoms. The summed E-state index contributed by atoms with van der Waals surface area (Å²) in [5.41, 5.74) is -0.847. The van der Waals surface area contributed by atoms with Gasteiger partial charge in [-0.05, 0) is 49.9 Å². The molecule has 2 N–H and O–H groups in total. The Hall–Kier alpha value is -1.06. The van der Waals surface area contributed by atoms with E-state index in [4.69, 9.17) is 0 Å². The summed E-state index contributed by atoms with van der Waals surface area (Å²) < 4.78 is 0. The van der Waals surface area contributed by atoms with E-state index in [2.05, 4.69) is 13.8 Å². The number of hydrogen-bond donors (Lipinski definition) is 2. The molecule has 2 aliphatic carbocycles. The number of hydrogen-bond acceptors (Lipinski definition) is 2. The quantitative estimate of drug-likeness (QED) is 0.807. The van der Waals surface area contributed by atoms with Crippen molar-refractivity contribution in [1.29, 1.82) is 0 Å². The second kappa shape index (κ2) is 4.50. The minimum absolute atomic E-state index is 0.0106. The number of carboxylic acids is 2. The highest BCUT2D eigenvalue weighted by molar-refractivity contribution is 5.76. The highest BCUT2D eigenvalue weighted by Gasteiger charge is 2.57. The van der Waals surface area contributed by atoms with E-state index in [0.29, 0.717) is 12.8 Å². The monoisotopic (exact) mass is 268 g/mol. The van der Waals surface area contributed by atoms with Crippen LogP contribution in [0.4, 0.5) is 0 Å². The van der Waals surface area contributed by atoms with Gasteiger partial charge in [-0.25, -0.2) is 0 Å². The molecular formula is C15H24O4. The van der Waals surface area contributed by atoms with Crippen molar-refractivity contribution < 1.29 is 19.8 Å². The molecule has 0 unspecified atom stereocenters. The van der Waals surface area contributed by atoms with Crippen LogP contribution < -0.4 is 0 Å². The van der Waals surface area contributed by atoms with E-state index in [1.54, 1.807) is 0 Å². The van der Waals surface area contributed by atoms with E-state index in [-0.39, 0.29) is 23.2 Å². The van der Waals surface area contributed by atoms with Crippen LogP contribution in [0, 0.1) is 28.6 Å². The third-order valence-electron chi connectivity index (χ3n) is 5.70. The van der Waals surface area contributed by atoms with Gasteiger partial charge in [-0.1, -0.05) is 20.3 Å². The van der Waals surface area contributed by atoms with Crippen molar-refractivity contribution in [3.05, 3.63) is 0 Å². The fraction of sp³-hybridized carbons (Fsp3) is 0.867. The Morgan fingerprint density at radius 3 is 2.21 bits per heavy atom. The Morgan fingerprint density at radius 2 is 1.68 bits per heavy atom. The molecule has 0 radical (unpaired) electrons. The van der Waals surface area contributed by atoms with Gasteiger partial charge in [0.2, 0.25) is 0 Å². The van der Waals surface area contributed by atoms with Crippen LogP contribution in [0.2, 0.25) is 0 Å². The van der Waals surface area contributed by atoms with Crippen LogP contribution in [-0.4, -0.2) is 22.2 Å². The predicted octanol–water partition coefficient (Wildman–Crippen LogP) is 3.01. The van der Waals surface area contributed by atoms with Gasteiger partial charge in [0.05, 0.1) is 11.3 Å². The van der Waals surface area contributed by atoms with Gasteiger partial charge in [0.25, 0.3) is 0 Å². The molecule has 2 rings (SSSR count). The van der Waals surface area contributed by atoms with Crippen molar-refractivity contribution in [3.63, 3.8) is 0 Å². The van der Waals surface area contributed by atoms with Crippen molar-refractivity contribution in [2.24, 2.45) is 28.6 Å². The van der Waals surface area contributed by atoms with Crippen LogP contribution in [0.15, 0.2) is 0 Å². The van der Waals surface area contributed by atoms with E-state index >= 15 is 0 Å². The van der Waals surface area contributed by atoms with Gasteiger partial charge in [0, 0.05) is 0 Å². The normalized spacial score (nSPS) is 41.3. The molecule has 2 fully saturated rings. The number of carboxylic acid groups (broad SMARTS) is 2. The summed E-state index contributed by atoms with van der Waals surface area (Å²) in [5, 5.41) is 19.1. The summed E-state index contributed by atoms with van der Waals surface area (Å²) in [6.45, 7) is 6.04. The molecule has 108 valence electrons. The molecular weight excluding hydrogens is 244 g/mol. The Kier molecular flexibility index (Phi) is 3.40. The molecule has 4 nitrogen and oxygen atoms in total. The average Bonchev–Trinajstić information content (AvgIpc) is 2.69. The van der Waals surface area contributed by atoms with Gasteiger partial charge < -0.3 is 10.2 Å². The van der Waals surface area contributed by atoms with Gasteiger partial charge in [-0.15, -0.1) is 0 Å². The Balaban J connectivity index is 2.45. The molecule has 0 aromatic carbocycles. The Bertz CT molecular complexity index is 401. The van der Waals surface area contributed by atoms with Crippen LogP contribution >= 0.6 is 0 Å². The first kappa shape index (κ1) is 14.4. The highest BCUT2D eigenvalue weighted by Crippen LogP contribution is 2.59. The zero-order valence-corrected chi connectivity index (χ0v) is 12.0. The SMILES string of the molecule is CC1(C)CCC[C@](C)(C(=O)O)[C@@H]2CC[C@H](C(=O)O)[C@@H]21. The maximum atomic E-state index is 11.7. The van der Waals surface area contributed by atoms with E-state index in [9.17, 15) is 19.8 Å². The number of carbonyl (C=O) groups is 2. The molecule has 0 aliphatic heterocycles. The Labute approximate surface area is 114 Å². The van der Waals surface area contributed by atoms with Crippen molar-refractivity contribution >= 4 is 11.9 Å². The smallest absolute Gasteiger partial charge is 0.309 e.